The quantitative estimate of drug-likeness (QED) is 0.713. The molecular weight excluding hydrogens is 186 g/mol. The van der Waals surface area contributed by atoms with Crippen LogP contribution in [0.2, 0.25) is 0 Å². The number of hydrogen-bond acceptors (Lipinski definition) is 1. The zero-order valence-corrected chi connectivity index (χ0v) is 11.0. The molecule has 0 saturated heterocycles. The summed E-state index contributed by atoms with van der Waals surface area (Å²) in [6.45, 7) is 10.3. The molecule has 2 heteroatoms. The minimum Gasteiger partial charge on any atom is -0.369 e. The average molecular weight is 213 g/mol. The average Bonchev–Trinajstić information content (AvgIpc) is 2.15. The van der Waals surface area contributed by atoms with Gasteiger partial charge >= 0.3 is 0 Å². The van der Waals surface area contributed by atoms with Crippen LogP contribution in [0.3, 0.4) is 0 Å². The van der Waals surface area contributed by atoms with Crippen molar-refractivity contribution in [1.82, 2.24) is 0 Å². The van der Waals surface area contributed by atoms with Crippen LogP contribution in [-0.2, 0) is 4.79 Å². The van der Waals surface area contributed by atoms with Gasteiger partial charge in [-0.1, -0.05) is 34.6 Å². The first-order valence-corrected chi connectivity index (χ1v) is 6.41. The summed E-state index contributed by atoms with van der Waals surface area (Å²) in [4.78, 5) is 10.7. The van der Waals surface area contributed by atoms with Crippen molar-refractivity contribution in [3.05, 3.63) is 0 Å². The maximum Gasteiger partial charge on any atom is 0.220 e. The molecule has 0 bridgehead atoms. The predicted octanol–water partition coefficient (Wildman–Crippen LogP) is 3.35. The number of amides is 1. The Kier molecular flexibility index (Phi) is 5.92. The van der Waals surface area contributed by atoms with E-state index in [0.29, 0.717) is 5.41 Å². The van der Waals surface area contributed by atoms with Gasteiger partial charge in [-0.3, -0.25) is 4.79 Å². The molecule has 0 atom stereocenters. The Labute approximate surface area is 94.6 Å². The van der Waals surface area contributed by atoms with Gasteiger partial charge in [0, 0.05) is 5.92 Å². The molecule has 2 aliphatic rings. The standard InChI is InChI=1S/C9H15NO.2C2H6/c1-6-2-9(3-6)4-7(5-9)8(10)11;2*1-2/h6-7H,2-5H2,1H3,(H2,10,11);2*1-2H3. The van der Waals surface area contributed by atoms with Gasteiger partial charge in [0.2, 0.25) is 5.91 Å². The molecule has 2 rings (SSSR count). The molecule has 2 fully saturated rings. The van der Waals surface area contributed by atoms with Crippen molar-refractivity contribution in [2.75, 3.05) is 0 Å². The van der Waals surface area contributed by atoms with E-state index in [1.54, 1.807) is 0 Å². The van der Waals surface area contributed by atoms with E-state index in [1.807, 2.05) is 27.7 Å². The molecule has 2 aliphatic carbocycles. The topological polar surface area (TPSA) is 43.1 Å². The SMILES string of the molecule is CC.CC.CC1CC2(C1)CC(C(N)=O)C2. The van der Waals surface area contributed by atoms with E-state index < -0.39 is 0 Å². The summed E-state index contributed by atoms with van der Waals surface area (Å²) in [5.41, 5.74) is 5.76. The molecule has 2 N–H and O–H groups in total. The second-order valence-electron chi connectivity index (χ2n) is 4.52. The van der Waals surface area contributed by atoms with E-state index in [4.69, 9.17) is 5.73 Å². The smallest absolute Gasteiger partial charge is 0.220 e. The molecule has 0 aromatic rings. The van der Waals surface area contributed by atoms with E-state index in [-0.39, 0.29) is 11.8 Å². The summed E-state index contributed by atoms with van der Waals surface area (Å²) in [6, 6.07) is 0. The third-order valence-corrected chi connectivity index (χ3v) is 3.32. The van der Waals surface area contributed by atoms with E-state index in [2.05, 4.69) is 6.92 Å². The highest BCUT2D eigenvalue weighted by molar-refractivity contribution is 5.77. The number of primary amides is 1. The number of rotatable bonds is 1. The Morgan fingerprint density at radius 3 is 1.73 bits per heavy atom. The van der Waals surface area contributed by atoms with Gasteiger partial charge in [0.1, 0.15) is 0 Å². The Morgan fingerprint density at radius 2 is 1.47 bits per heavy atom. The third kappa shape index (κ3) is 3.22. The zero-order chi connectivity index (χ0) is 12.1. The zero-order valence-electron chi connectivity index (χ0n) is 11.0. The largest absolute Gasteiger partial charge is 0.369 e. The van der Waals surface area contributed by atoms with Crippen molar-refractivity contribution in [2.45, 2.75) is 60.3 Å². The molecule has 2 saturated carbocycles. The summed E-state index contributed by atoms with van der Waals surface area (Å²) in [6.07, 6.45) is 4.81. The fourth-order valence-electron chi connectivity index (χ4n) is 2.94. The van der Waals surface area contributed by atoms with Crippen molar-refractivity contribution in [3.63, 3.8) is 0 Å². The van der Waals surface area contributed by atoms with Crippen LogP contribution in [0.4, 0.5) is 0 Å². The van der Waals surface area contributed by atoms with Crippen LogP contribution in [0.25, 0.3) is 0 Å². The number of nitrogens with two attached hydrogens (primary N) is 1. The molecular formula is C13H27NO. The summed E-state index contributed by atoms with van der Waals surface area (Å²) < 4.78 is 0. The molecule has 15 heavy (non-hydrogen) atoms. The molecule has 0 heterocycles. The van der Waals surface area contributed by atoms with Crippen LogP contribution in [-0.4, -0.2) is 5.91 Å². The fraction of sp³-hybridized carbons (Fsp3) is 0.923. The first-order valence-electron chi connectivity index (χ1n) is 6.41. The molecule has 0 unspecified atom stereocenters. The normalized spacial score (nSPS) is 36.1. The first kappa shape index (κ1) is 14.5. The lowest BCUT2D eigenvalue weighted by Crippen LogP contribution is -2.50. The molecule has 0 aromatic heterocycles. The first-order chi connectivity index (χ1) is 7.11. The van der Waals surface area contributed by atoms with Gasteiger partial charge < -0.3 is 5.73 Å². The fourth-order valence-corrected chi connectivity index (χ4v) is 2.94. The number of carbonyl (C=O) groups is 1. The van der Waals surface area contributed by atoms with Gasteiger partial charge in [0.25, 0.3) is 0 Å². The Bertz CT molecular complexity index is 187. The van der Waals surface area contributed by atoms with Crippen molar-refractivity contribution < 1.29 is 4.79 Å². The summed E-state index contributed by atoms with van der Waals surface area (Å²) in [5.74, 6) is 1.02. The van der Waals surface area contributed by atoms with Gasteiger partial charge in [-0.2, -0.15) is 0 Å². The van der Waals surface area contributed by atoms with E-state index in [9.17, 15) is 4.79 Å². The Morgan fingerprint density at radius 1 is 1.07 bits per heavy atom. The molecule has 90 valence electrons. The summed E-state index contributed by atoms with van der Waals surface area (Å²) >= 11 is 0. The van der Waals surface area contributed by atoms with Crippen LogP contribution in [0.15, 0.2) is 0 Å². The van der Waals surface area contributed by atoms with E-state index in [0.717, 1.165) is 18.8 Å². The van der Waals surface area contributed by atoms with Crippen molar-refractivity contribution in [2.24, 2.45) is 23.0 Å². The monoisotopic (exact) mass is 213 g/mol. The highest BCUT2D eigenvalue weighted by Gasteiger charge is 2.52. The summed E-state index contributed by atoms with van der Waals surface area (Å²) in [5, 5.41) is 0. The lowest BCUT2D eigenvalue weighted by atomic mass is 9.48. The van der Waals surface area contributed by atoms with Gasteiger partial charge in [-0.15, -0.1) is 0 Å². The maximum absolute atomic E-state index is 10.7. The van der Waals surface area contributed by atoms with Gasteiger partial charge in [0.05, 0.1) is 0 Å². The van der Waals surface area contributed by atoms with E-state index in [1.165, 1.54) is 12.8 Å². The third-order valence-electron chi connectivity index (χ3n) is 3.32. The lowest BCUT2D eigenvalue weighted by molar-refractivity contribution is -0.136. The van der Waals surface area contributed by atoms with Crippen molar-refractivity contribution in [1.29, 1.82) is 0 Å². The second kappa shape index (κ2) is 6.14. The minimum atomic E-state index is -0.0878. The lowest BCUT2D eigenvalue weighted by Gasteiger charge is -2.56. The van der Waals surface area contributed by atoms with Crippen LogP contribution < -0.4 is 5.73 Å². The molecule has 0 radical (unpaired) electrons. The van der Waals surface area contributed by atoms with Crippen molar-refractivity contribution in [3.8, 4) is 0 Å². The Balaban J connectivity index is 0.000000442. The molecule has 0 aliphatic heterocycles. The highest BCUT2D eigenvalue weighted by atomic mass is 16.1. The molecule has 0 aromatic carbocycles. The van der Waals surface area contributed by atoms with Crippen LogP contribution in [0, 0.1) is 17.3 Å². The summed E-state index contributed by atoms with van der Waals surface area (Å²) in [7, 11) is 0. The maximum atomic E-state index is 10.7. The van der Waals surface area contributed by atoms with Gasteiger partial charge in [-0.25, -0.2) is 0 Å². The Hall–Kier alpha value is -0.530. The van der Waals surface area contributed by atoms with Gasteiger partial charge in [0.15, 0.2) is 0 Å². The second-order valence-corrected chi connectivity index (χ2v) is 4.52. The number of carbonyl (C=O) groups excluding carboxylic acids is 1. The number of hydrogen-bond donors (Lipinski definition) is 1. The van der Waals surface area contributed by atoms with Crippen LogP contribution >= 0.6 is 0 Å². The predicted molar refractivity (Wildman–Crippen MR) is 65.4 cm³/mol. The van der Waals surface area contributed by atoms with Crippen LogP contribution in [0.1, 0.15) is 60.3 Å². The van der Waals surface area contributed by atoms with Gasteiger partial charge in [-0.05, 0) is 37.0 Å². The van der Waals surface area contributed by atoms with Crippen LogP contribution in [0.5, 0.6) is 0 Å². The molecule has 1 amide bonds. The highest BCUT2D eigenvalue weighted by Crippen LogP contribution is 2.60. The molecule has 2 nitrogen and oxygen atoms in total. The van der Waals surface area contributed by atoms with Crippen molar-refractivity contribution >= 4 is 5.91 Å². The minimum absolute atomic E-state index is 0.0878. The van der Waals surface area contributed by atoms with E-state index >= 15 is 0 Å². The molecule has 1 spiro atoms.